The first-order chi connectivity index (χ1) is 20.7. The lowest BCUT2D eigenvalue weighted by molar-refractivity contribution is -0.142. The normalized spacial score (nSPS) is 14.8. The van der Waals surface area contributed by atoms with Crippen LogP contribution in [0.5, 0.6) is 0 Å². The van der Waals surface area contributed by atoms with Crippen LogP contribution in [0.15, 0.2) is 55.5 Å². The molecule has 0 spiro atoms. The molecule has 14 nitrogen and oxygen atoms in total. The van der Waals surface area contributed by atoms with Gasteiger partial charge in [0.1, 0.15) is 18.1 Å². The molecule has 3 amide bonds. The number of nitrogens with one attached hydrogen (secondary N) is 6. The number of nitrogens with zero attached hydrogens (tertiary/aromatic N) is 2. The van der Waals surface area contributed by atoms with Crippen LogP contribution in [0.2, 0.25) is 0 Å². The average molecular weight is 592 g/mol. The van der Waals surface area contributed by atoms with E-state index in [4.69, 9.17) is 5.73 Å². The SMILES string of the molecule is CCC(C)C(N)C(=O)NC(Cc1c[nH]c2ccccc12)C(=O)NC(Cc1cnc[nH]1)C(=O)NC(Cc1cnc[nH]1)C(=O)O. The summed E-state index contributed by atoms with van der Waals surface area (Å²) < 4.78 is 0. The molecular weight excluding hydrogens is 554 g/mol. The number of carbonyl (C=O) groups is 4. The van der Waals surface area contributed by atoms with Crippen molar-refractivity contribution < 1.29 is 24.3 Å². The summed E-state index contributed by atoms with van der Waals surface area (Å²) >= 11 is 0. The number of H-pyrrole nitrogens is 3. The lowest BCUT2D eigenvalue weighted by Gasteiger charge is -2.26. The van der Waals surface area contributed by atoms with Gasteiger partial charge in [0.15, 0.2) is 0 Å². The Morgan fingerprint density at radius 3 is 1.98 bits per heavy atom. The number of hydrogen-bond donors (Lipinski definition) is 8. The number of imidazole rings is 2. The summed E-state index contributed by atoms with van der Waals surface area (Å²) in [6.07, 6.45) is 8.32. The van der Waals surface area contributed by atoms with Crippen molar-refractivity contribution in [2.45, 2.75) is 63.7 Å². The highest BCUT2D eigenvalue weighted by molar-refractivity contribution is 5.95. The van der Waals surface area contributed by atoms with E-state index < -0.39 is 47.9 Å². The molecule has 0 aliphatic heterocycles. The third-order valence-corrected chi connectivity index (χ3v) is 7.50. The fraction of sp³-hybridized carbons (Fsp3) is 0.379. The number of aliphatic carboxylic acids is 1. The van der Waals surface area contributed by atoms with Crippen LogP contribution in [-0.4, -0.2) is 77.9 Å². The summed E-state index contributed by atoms with van der Waals surface area (Å²) in [5, 5.41) is 18.7. The first-order valence-electron chi connectivity index (χ1n) is 14.0. The maximum Gasteiger partial charge on any atom is 0.326 e. The van der Waals surface area contributed by atoms with E-state index >= 15 is 0 Å². The van der Waals surface area contributed by atoms with Crippen LogP contribution in [0.1, 0.15) is 37.2 Å². The molecule has 5 unspecified atom stereocenters. The molecule has 0 radical (unpaired) electrons. The van der Waals surface area contributed by atoms with Gasteiger partial charge in [-0.2, -0.15) is 0 Å². The predicted molar refractivity (Wildman–Crippen MR) is 157 cm³/mol. The lowest BCUT2D eigenvalue weighted by atomic mass is 9.98. The second-order valence-electron chi connectivity index (χ2n) is 10.6. The van der Waals surface area contributed by atoms with Crippen molar-refractivity contribution in [3.8, 4) is 0 Å². The Labute approximate surface area is 247 Å². The lowest BCUT2D eigenvalue weighted by Crippen LogP contribution is -2.58. The molecule has 0 aliphatic carbocycles. The highest BCUT2D eigenvalue weighted by atomic mass is 16.4. The quantitative estimate of drug-likeness (QED) is 0.0972. The van der Waals surface area contributed by atoms with Crippen LogP contribution in [0.4, 0.5) is 0 Å². The van der Waals surface area contributed by atoms with Gasteiger partial charge in [0, 0.05) is 60.1 Å². The van der Waals surface area contributed by atoms with Crippen molar-refractivity contribution in [3.05, 3.63) is 72.5 Å². The summed E-state index contributed by atoms with van der Waals surface area (Å²) in [4.78, 5) is 69.1. The number of nitrogens with two attached hydrogens (primary N) is 1. The number of carboxylic acids is 1. The topological polar surface area (TPSA) is 224 Å². The maximum atomic E-state index is 13.8. The Morgan fingerprint density at radius 1 is 0.837 bits per heavy atom. The van der Waals surface area contributed by atoms with Crippen LogP contribution in [0.25, 0.3) is 10.9 Å². The van der Waals surface area contributed by atoms with Gasteiger partial charge in [-0.25, -0.2) is 14.8 Å². The summed E-state index contributed by atoms with van der Waals surface area (Å²) in [6.45, 7) is 3.77. The van der Waals surface area contributed by atoms with Crippen LogP contribution in [-0.2, 0) is 38.4 Å². The van der Waals surface area contributed by atoms with Crippen molar-refractivity contribution in [2.75, 3.05) is 0 Å². The number of amides is 3. The third kappa shape index (κ3) is 8.07. The molecule has 3 aromatic heterocycles. The Hall–Kier alpha value is -4.98. The van der Waals surface area contributed by atoms with Crippen LogP contribution in [0, 0.1) is 5.92 Å². The van der Waals surface area contributed by atoms with E-state index in [9.17, 15) is 24.3 Å². The molecule has 3 heterocycles. The zero-order valence-electron chi connectivity index (χ0n) is 24.0. The zero-order valence-corrected chi connectivity index (χ0v) is 24.0. The molecule has 0 saturated carbocycles. The average Bonchev–Trinajstić information content (AvgIpc) is 3.78. The van der Waals surface area contributed by atoms with Crippen LogP contribution >= 0.6 is 0 Å². The van der Waals surface area contributed by atoms with E-state index in [0.717, 1.165) is 16.5 Å². The van der Waals surface area contributed by atoms with Gasteiger partial charge in [0.25, 0.3) is 0 Å². The molecule has 4 rings (SSSR count). The van der Waals surface area contributed by atoms with E-state index in [1.165, 1.54) is 25.0 Å². The number of para-hydroxylation sites is 1. The molecule has 1 aromatic carbocycles. The molecule has 5 atom stereocenters. The highest BCUT2D eigenvalue weighted by Crippen LogP contribution is 2.19. The van der Waals surface area contributed by atoms with E-state index in [1.54, 1.807) is 6.20 Å². The first-order valence-corrected chi connectivity index (χ1v) is 14.0. The molecule has 0 fully saturated rings. The van der Waals surface area contributed by atoms with E-state index in [2.05, 4.69) is 40.9 Å². The van der Waals surface area contributed by atoms with Gasteiger partial charge in [-0.15, -0.1) is 0 Å². The summed E-state index contributed by atoms with van der Waals surface area (Å²) in [5.41, 5.74) is 8.88. The molecule has 43 heavy (non-hydrogen) atoms. The van der Waals surface area contributed by atoms with Crippen molar-refractivity contribution in [2.24, 2.45) is 11.7 Å². The molecule has 9 N–H and O–H groups in total. The number of carbonyl (C=O) groups excluding carboxylic acids is 3. The largest absolute Gasteiger partial charge is 0.480 e. The van der Waals surface area contributed by atoms with Gasteiger partial charge in [0.05, 0.1) is 18.7 Å². The number of benzene rings is 1. The molecular formula is C29H37N9O5. The monoisotopic (exact) mass is 591 g/mol. The van der Waals surface area contributed by atoms with E-state index in [1.807, 2.05) is 38.1 Å². The second kappa shape index (κ2) is 14.3. The molecule has 14 heteroatoms. The Kier molecular flexibility index (Phi) is 10.3. The number of fused-ring (bicyclic) bond motifs is 1. The van der Waals surface area contributed by atoms with Crippen molar-refractivity contribution in [1.29, 1.82) is 0 Å². The van der Waals surface area contributed by atoms with Gasteiger partial charge in [-0.3, -0.25) is 14.4 Å². The van der Waals surface area contributed by atoms with Crippen LogP contribution in [0.3, 0.4) is 0 Å². The van der Waals surface area contributed by atoms with E-state index in [-0.39, 0.29) is 25.2 Å². The van der Waals surface area contributed by atoms with Gasteiger partial charge < -0.3 is 41.7 Å². The Bertz CT molecular complexity index is 1520. The molecule has 228 valence electrons. The summed E-state index contributed by atoms with van der Waals surface area (Å²) in [6, 6.07) is 3.16. The van der Waals surface area contributed by atoms with Gasteiger partial charge in [-0.1, -0.05) is 38.5 Å². The van der Waals surface area contributed by atoms with E-state index in [0.29, 0.717) is 17.8 Å². The van der Waals surface area contributed by atoms with Gasteiger partial charge >= 0.3 is 5.97 Å². The van der Waals surface area contributed by atoms with Crippen molar-refractivity contribution in [1.82, 2.24) is 40.9 Å². The molecule has 0 bridgehead atoms. The Balaban J connectivity index is 1.57. The number of carboxylic acid groups (broad SMARTS) is 1. The second-order valence-corrected chi connectivity index (χ2v) is 10.6. The maximum absolute atomic E-state index is 13.8. The van der Waals surface area contributed by atoms with Crippen molar-refractivity contribution >= 4 is 34.6 Å². The number of hydrogen-bond acceptors (Lipinski definition) is 7. The minimum absolute atomic E-state index is 0.00585. The number of rotatable bonds is 15. The third-order valence-electron chi connectivity index (χ3n) is 7.50. The predicted octanol–water partition coefficient (Wildman–Crippen LogP) is 0.554. The molecule has 4 aromatic rings. The zero-order chi connectivity index (χ0) is 30.9. The fourth-order valence-corrected chi connectivity index (χ4v) is 4.70. The standard InChI is InChI=1S/C29H37N9O5/c1-3-16(2)25(30)28(41)37-22(8-17-11-33-21-7-5-4-6-20(17)21)26(39)36-23(9-18-12-31-14-34-18)27(40)38-24(29(42)43)10-19-13-32-15-35-19/h4-7,11-16,22-25,33H,3,8-10,30H2,1-2H3,(H,31,34)(H,32,35)(H,36,39)(H,37,41)(H,38,40)(H,42,43). The highest BCUT2D eigenvalue weighted by Gasteiger charge is 2.32. The number of aromatic amines is 3. The molecule has 0 aliphatic rings. The molecule has 0 saturated heterocycles. The smallest absolute Gasteiger partial charge is 0.326 e. The van der Waals surface area contributed by atoms with Gasteiger partial charge in [0.2, 0.25) is 17.7 Å². The minimum atomic E-state index is -1.29. The minimum Gasteiger partial charge on any atom is -0.480 e. The first kappa shape index (κ1) is 31.0. The fourth-order valence-electron chi connectivity index (χ4n) is 4.70. The summed E-state index contributed by atoms with van der Waals surface area (Å²) in [7, 11) is 0. The Morgan fingerprint density at radius 2 is 1.40 bits per heavy atom. The number of aromatic nitrogens is 5. The van der Waals surface area contributed by atoms with Crippen LogP contribution < -0.4 is 21.7 Å². The summed E-state index contributed by atoms with van der Waals surface area (Å²) in [5.74, 6) is -3.22. The van der Waals surface area contributed by atoms with Crippen molar-refractivity contribution in [3.63, 3.8) is 0 Å². The van der Waals surface area contributed by atoms with Gasteiger partial charge in [-0.05, 0) is 17.5 Å².